The van der Waals surface area contributed by atoms with Crippen LogP contribution >= 0.6 is 0 Å². The Kier molecular flexibility index (Phi) is 21.2. The van der Waals surface area contributed by atoms with Gasteiger partial charge in [0.25, 0.3) is 10.9 Å². The van der Waals surface area contributed by atoms with E-state index in [1.165, 1.54) is 82.0 Å². The lowest BCUT2D eigenvalue weighted by atomic mass is 10.1. The van der Waals surface area contributed by atoms with Gasteiger partial charge in [0, 0.05) is 11.4 Å². The van der Waals surface area contributed by atoms with Crippen LogP contribution in [0.2, 0.25) is 0 Å². The summed E-state index contributed by atoms with van der Waals surface area (Å²) in [7, 11) is 0. The predicted octanol–water partition coefficient (Wildman–Crippen LogP) is 3.13. The number of anilines is 4. The highest BCUT2D eigenvalue weighted by atomic mass is 19.0. The van der Waals surface area contributed by atoms with E-state index < -0.39 is 10.9 Å². The van der Waals surface area contributed by atoms with Crippen LogP contribution in [0, 0.1) is 0 Å². The largest absolute Gasteiger partial charge is 1.00 e. The minimum Gasteiger partial charge on any atom is -1.00 e. The fourth-order valence-electron chi connectivity index (χ4n) is 4.61. The van der Waals surface area contributed by atoms with E-state index in [2.05, 4.69) is 38.3 Å². The number of nitrogens with zero attached hydrogens (tertiary/aromatic N) is 1. The Labute approximate surface area is 239 Å². The van der Waals surface area contributed by atoms with Crippen molar-refractivity contribution < 1.29 is 20.1 Å². The van der Waals surface area contributed by atoms with Crippen molar-refractivity contribution in [2.24, 2.45) is 0 Å². The molecule has 0 radical (unpaired) electrons. The van der Waals surface area contributed by atoms with Gasteiger partial charge in [-0.3, -0.25) is 9.59 Å². The van der Waals surface area contributed by atoms with Gasteiger partial charge < -0.3 is 30.8 Å². The fourth-order valence-corrected chi connectivity index (χ4v) is 4.61. The number of quaternary nitrogens is 1. The number of rotatable bonds is 16. The maximum Gasteiger partial charge on any atom is 0.253 e. The molecule has 0 saturated heterocycles. The topological polar surface area (TPSA) is 121 Å². The lowest BCUT2D eigenvalue weighted by Gasteiger charge is -2.39. The van der Waals surface area contributed by atoms with E-state index in [1.54, 1.807) is 0 Å². The second-order valence-corrected chi connectivity index (χ2v) is 10.0. The van der Waals surface area contributed by atoms with E-state index in [-0.39, 0.29) is 15.7 Å². The van der Waals surface area contributed by atoms with Gasteiger partial charge in [0.05, 0.1) is 26.2 Å². The summed E-state index contributed by atoms with van der Waals surface area (Å²) in [6, 6.07) is 18.6. The monoisotopic (exact) mass is 561 g/mol. The van der Waals surface area contributed by atoms with Gasteiger partial charge in [-0.15, -0.1) is 0 Å². The molecular weight excluding hydrogens is 509 g/mol. The average molecular weight is 562 g/mol. The molecule has 0 aromatic heterocycles. The predicted molar refractivity (Wildman–Crippen MR) is 167 cm³/mol. The van der Waals surface area contributed by atoms with Gasteiger partial charge in [-0.25, -0.2) is 0 Å². The molecule has 7 nitrogen and oxygen atoms in total. The summed E-state index contributed by atoms with van der Waals surface area (Å²) < 4.78 is 1.42. The zero-order chi connectivity index (χ0) is 26.9. The standard InChI is InChI=1S/C16H12N2O2.C16H36N.FH.2H2O/c19-15-13(17-11-7-3-1-4-8-11)14(16(15)20)18-12-9-5-2-6-10-12;1-5-9-13-17(14-10-6-2,15-11-7-3)16-12-8-4;;;/h1-10,17-18H;5-16H2,1-4H3;1H;2*1H2/q;+1;;;/p-1. The van der Waals surface area contributed by atoms with Gasteiger partial charge in [0.2, 0.25) is 0 Å². The summed E-state index contributed by atoms with van der Waals surface area (Å²) in [6.45, 7) is 15.0. The first-order valence-corrected chi connectivity index (χ1v) is 14.3. The molecule has 0 spiro atoms. The molecule has 226 valence electrons. The third-order valence-electron chi connectivity index (χ3n) is 6.94. The Morgan fingerprint density at radius 2 is 0.800 bits per heavy atom. The van der Waals surface area contributed by atoms with Crippen LogP contribution in [0.25, 0.3) is 0 Å². The average Bonchev–Trinajstić information content (AvgIpc) is 2.95. The van der Waals surface area contributed by atoms with Crippen molar-refractivity contribution in [1.82, 2.24) is 0 Å². The lowest BCUT2D eigenvalue weighted by molar-refractivity contribution is -0.929. The minimum absolute atomic E-state index is 0. The van der Waals surface area contributed by atoms with Crippen LogP contribution in [-0.2, 0) is 0 Å². The molecule has 0 aliphatic heterocycles. The highest BCUT2D eigenvalue weighted by molar-refractivity contribution is 5.82. The van der Waals surface area contributed by atoms with Crippen LogP contribution in [0.5, 0.6) is 0 Å². The number of hydrogen-bond donors (Lipinski definition) is 2. The van der Waals surface area contributed by atoms with E-state index in [1.807, 2.05) is 60.7 Å². The van der Waals surface area contributed by atoms with Gasteiger partial charge in [0.15, 0.2) is 0 Å². The summed E-state index contributed by atoms with van der Waals surface area (Å²) in [4.78, 5) is 23.3. The highest BCUT2D eigenvalue weighted by Gasteiger charge is 2.24. The molecule has 3 rings (SSSR count). The third-order valence-corrected chi connectivity index (χ3v) is 6.94. The van der Waals surface area contributed by atoms with Crippen molar-refractivity contribution in [3.05, 3.63) is 81.1 Å². The molecule has 3 aromatic rings. The van der Waals surface area contributed by atoms with Crippen LogP contribution in [0.3, 0.4) is 0 Å². The molecule has 8 heteroatoms. The third kappa shape index (κ3) is 12.4. The Balaban J connectivity index is 0. The minimum atomic E-state index is -0.493. The number of nitrogens with one attached hydrogen (secondary N) is 2. The van der Waals surface area contributed by atoms with Crippen molar-refractivity contribution in [1.29, 1.82) is 0 Å². The van der Waals surface area contributed by atoms with Crippen LogP contribution in [0.4, 0.5) is 22.7 Å². The lowest BCUT2D eigenvalue weighted by Crippen LogP contribution is -3.00. The number of unbranched alkanes of at least 4 members (excludes halogenated alkanes) is 4. The van der Waals surface area contributed by atoms with E-state index in [0.29, 0.717) is 11.4 Å². The first-order valence-electron chi connectivity index (χ1n) is 14.3. The van der Waals surface area contributed by atoms with Gasteiger partial charge in [-0.1, -0.05) is 89.8 Å². The summed E-state index contributed by atoms with van der Waals surface area (Å²) >= 11 is 0. The van der Waals surface area contributed by atoms with Gasteiger partial charge in [-0.2, -0.15) is 0 Å². The quantitative estimate of drug-likeness (QED) is 0.206. The van der Waals surface area contributed by atoms with Crippen LogP contribution < -0.4 is 26.2 Å². The van der Waals surface area contributed by atoms with Crippen molar-refractivity contribution in [2.45, 2.75) is 79.1 Å². The van der Waals surface area contributed by atoms with Crippen molar-refractivity contribution in [2.75, 3.05) is 36.8 Å². The van der Waals surface area contributed by atoms with Gasteiger partial charge in [-0.05, 0) is 49.9 Å². The van der Waals surface area contributed by atoms with Crippen LogP contribution in [0.1, 0.15) is 79.1 Å². The zero-order valence-corrected chi connectivity index (χ0v) is 24.9. The molecule has 0 saturated carbocycles. The second kappa shape index (κ2) is 21.7. The number of benzene rings is 2. The molecule has 6 N–H and O–H groups in total. The van der Waals surface area contributed by atoms with Gasteiger partial charge >= 0.3 is 0 Å². The summed E-state index contributed by atoms with van der Waals surface area (Å²) in [5.41, 5.74) is 1.18. The van der Waals surface area contributed by atoms with E-state index in [9.17, 15) is 9.59 Å². The first kappa shape index (κ1) is 39.1. The van der Waals surface area contributed by atoms with E-state index in [0.717, 1.165) is 11.4 Å². The van der Waals surface area contributed by atoms with Gasteiger partial charge in [0.1, 0.15) is 11.4 Å². The summed E-state index contributed by atoms with van der Waals surface area (Å²) in [6.07, 6.45) is 11.1. The maximum atomic E-state index is 11.7. The number of hydrogen-bond acceptors (Lipinski definition) is 4. The molecular formula is C32H52FN3O4. The van der Waals surface area contributed by atoms with Crippen molar-refractivity contribution in [3.8, 4) is 0 Å². The summed E-state index contributed by atoms with van der Waals surface area (Å²) in [5.74, 6) is 0. The molecule has 0 amide bonds. The fraction of sp³-hybridized carbons (Fsp3) is 0.500. The second-order valence-electron chi connectivity index (χ2n) is 10.0. The number of halogens is 1. The number of para-hydroxylation sites is 2. The molecule has 0 atom stereocenters. The van der Waals surface area contributed by atoms with Crippen molar-refractivity contribution >= 4 is 22.7 Å². The normalized spacial score (nSPS) is 10.3. The maximum absolute atomic E-state index is 11.7. The van der Waals surface area contributed by atoms with Crippen LogP contribution in [0.15, 0.2) is 70.3 Å². The SMILES string of the molecule is CCCC[N+](CCCC)(CCCC)CCCC.O.O.O=c1c(Nc2ccccc2)c(Nc2ccccc2)c1=O.[F-]. The summed E-state index contributed by atoms with van der Waals surface area (Å²) in [5, 5.41) is 5.95. The molecule has 0 aliphatic carbocycles. The van der Waals surface area contributed by atoms with Crippen molar-refractivity contribution in [3.63, 3.8) is 0 Å². The highest BCUT2D eigenvalue weighted by Crippen LogP contribution is 2.23. The molecule has 0 aliphatic rings. The van der Waals surface area contributed by atoms with Crippen LogP contribution in [-0.4, -0.2) is 41.6 Å². The Bertz CT molecular complexity index is 980. The Morgan fingerprint density at radius 1 is 0.525 bits per heavy atom. The zero-order valence-electron chi connectivity index (χ0n) is 24.9. The first-order chi connectivity index (χ1) is 18.0. The smallest absolute Gasteiger partial charge is 0.253 e. The molecule has 0 bridgehead atoms. The van der Waals surface area contributed by atoms with E-state index >= 15 is 0 Å². The molecule has 0 unspecified atom stereocenters. The van der Waals surface area contributed by atoms with E-state index in [4.69, 9.17) is 0 Å². The molecule has 40 heavy (non-hydrogen) atoms. The molecule has 0 fully saturated rings. The molecule has 0 heterocycles. The Morgan fingerprint density at radius 3 is 1.05 bits per heavy atom. The Hall–Kier alpha value is -3.07. The molecule has 3 aromatic carbocycles.